The molecule has 3 aromatic carbocycles. The van der Waals surface area contributed by atoms with E-state index in [9.17, 15) is 4.79 Å². The highest BCUT2D eigenvalue weighted by Gasteiger charge is 2.13. The highest BCUT2D eigenvalue weighted by atomic mass is 32.2. The fourth-order valence-electron chi connectivity index (χ4n) is 3.04. The van der Waals surface area contributed by atoms with E-state index in [4.69, 9.17) is 10.6 Å². The number of amides is 1. The average Bonchev–Trinajstić information content (AvgIpc) is 3.17. The summed E-state index contributed by atoms with van der Waals surface area (Å²) in [7, 11) is 1.59. The number of nitrogens with two attached hydrogens (primary N) is 1. The first-order valence-corrected chi connectivity index (χ1v) is 10.7. The minimum atomic E-state index is -0.168. The molecule has 0 fully saturated rings. The molecule has 9 nitrogen and oxygen atoms in total. The first-order chi connectivity index (χ1) is 15.7. The Bertz CT molecular complexity index is 1270. The SMILES string of the molecule is COc1ccccc1/C=N/Nc1nnc(SCC(=O)Nc2cccc3ccccc23)n1N. The molecule has 4 N–H and O–H groups in total. The van der Waals surface area contributed by atoms with Gasteiger partial charge in [0.15, 0.2) is 0 Å². The number of anilines is 2. The maximum absolute atomic E-state index is 12.5. The van der Waals surface area contributed by atoms with Crippen molar-refractivity contribution in [2.75, 3.05) is 29.4 Å². The highest BCUT2D eigenvalue weighted by Crippen LogP contribution is 2.24. The molecule has 0 aliphatic carbocycles. The van der Waals surface area contributed by atoms with Crippen LogP contribution < -0.4 is 21.3 Å². The number of nitrogen functional groups attached to an aromatic ring is 1. The largest absolute Gasteiger partial charge is 0.496 e. The number of hydrogen-bond acceptors (Lipinski definition) is 8. The molecule has 0 unspecified atom stereocenters. The van der Waals surface area contributed by atoms with Crippen molar-refractivity contribution < 1.29 is 9.53 Å². The van der Waals surface area contributed by atoms with E-state index in [1.807, 2.05) is 66.7 Å². The van der Waals surface area contributed by atoms with Crippen LogP contribution in [0, 0.1) is 0 Å². The second-order valence-corrected chi connectivity index (χ2v) is 7.59. The van der Waals surface area contributed by atoms with Crippen molar-refractivity contribution >= 4 is 46.3 Å². The standard InChI is InChI=1S/C22H21N7O2S/c1-31-19-12-5-3-8-16(19)13-24-26-21-27-28-22(29(21)23)32-14-20(30)25-18-11-6-9-15-7-2-4-10-17(15)18/h2-13H,14,23H2,1H3,(H,25,30)(H,26,27)/b24-13+. The van der Waals surface area contributed by atoms with Crippen LogP contribution in [0.3, 0.4) is 0 Å². The van der Waals surface area contributed by atoms with Crippen LogP contribution >= 0.6 is 11.8 Å². The number of fused-ring (bicyclic) bond motifs is 1. The van der Waals surface area contributed by atoms with Gasteiger partial charge in [-0.1, -0.05) is 60.3 Å². The molecule has 10 heteroatoms. The molecule has 0 radical (unpaired) electrons. The van der Waals surface area contributed by atoms with Crippen LogP contribution in [-0.4, -0.2) is 39.9 Å². The first kappa shape index (κ1) is 21.2. The first-order valence-electron chi connectivity index (χ1n) is 9.68. The van der Waals surface area contributed by atoms with E-state index in [1.165, 1.54) is 16.4 Å². The second kappa shape index (κ2) is 9.84. The summed E-state index contributed by atoms with van der Waals surface area (Å²) in [6, 6.07) is 21.1. The summed E-state index contributed by atoms with van der Waals surface area (Å²) in [5, 5.41) is 17.5. The number of benzene rings is 3. The van der Waals surface area contributed by atoms with Crippen LogP contribution in [0.4, 0.5) is 11.6 Å². The summed E-state index contributed by atoms with van der Waals surface area (Å²) in [6.07, 6.45) is 1.60. The van der Waals surface area contributed by atoms with Crippen molar-refractivity contribution in [2.24, 2.45) is 5.10 Å². The molecule has 1 aromatic heterocycles. The third-order valence-electron chi connectivity index (χ3n) is 4.57. The van der Waals surface area contributed by atoms with Gasteiger partial charge in [-0.2, -0.15) is 5.10 Å². The molecule has 32 heavy (non-hydrogen) atoms. The van der Waals surface area contributed by atoms with Gasteiger partial charge in [0.25, 0.3) is 5.95 Å². The highest BCUT2D eigenvalue weighted by molar-refractivity contribution is 7.99. The lowest BCUT2D eigenvalue weighted by atomic mass is 10.1. The number of hydrogen-bond donors (Lipinski definition) is 3. The van der Waals surface area contributed by atoms with E-state index in [0.29, 0.717) is 10.9 Å². The predicted octanol–water partition coefficient (Wildman–Crippen LogP) is 3.33. The number of rotatable bonds is 8. The molecule has 0 aliphatic heterocycles. The lowest BCUT2D eigenvalue weighted by Gasteiger charge is -2.08. The Morgan fingerprint density at radius 1 is 1.12 bits per heavy atom. The summed E-state index contributed by atoms with van der Waals surface area (Å²) in [5.41, 5.74) is 4.30. The lowest BCUT2D eigenvalue weighted by molar-refractivity contribution is -0.113. The fraction of sp³-hybridized carbons (Fsp3) is 0.0909. The quantitative estimate of drug-likeness (QED) is 0.164. The van der Waals surface area contributed by atoms with E-state index in [0.717, 1.165) is 22.0 Å². The Morgan fingerprint density at radius 3 is 2.78 bits per heavy atom. The molecular weight excluding hydrogens is 426 g/mol. The fourth-order valence-corrected chi connectivity index (χ4v) is 3.69. The van der Waals surface area contributed by atoms with Gasteiger partial charge in [0.2, 0.25) is 11.1 Å². The van der Waals surface area contributed by atoms with Gasteiger partial charge in [0.1, 0.15) is 5.75 Å². The van der Waals surface area contributed by atoms with Crippen molar-refractivity contribution in [1.29, 1.82) is 0 Å². The number of hydrazone groups is 1. The molecule has 0 bridgehead atoms. The number of ether oxygens (including phenoxy) is 1. The van der Waals surface area contributed by atoms with Crippen LogP contribution in [0.2, 0.25) is 0 Å². The molecule has 0 atom stereocenters. The van der Waals surface area contributed by atoms with Crippen molar-refractivity contribution in [2.45, 2.75) is 5.16 Å². The molecule has 0 saturated carbocycles. The number of carbonyl (C=O) groups is 1. The molecule has 0 spiro atoms. The molecule has 4 aromatic rings. The third-order valence-corrected chi connectivity index (χ3v) is 5.51. The van der Waals surface area contributed by atoms with Crippen LogP contribution in [-0.2, 0) is 4.79 Å². The van der Waals surface area contributed by atoms with Crippen molar-refractivity contribution in [1.82, 2.24) is 14.9 Å². The molecule has 162 valence electrons. The summed E-state index contributed by atoms with van der Waals surface area (Å²) in [4.78, 5) is 12.5. The second-order valence-electron chi connectivity index (χ2n) is 6.65. The summed E-state index contributed by atoms with van der Waals surface area (Å²) in [5.74, 6) is 6.93. The maximum Gasteiger partial charge on any atom is 0.264 e. The van der Waals surface area contributed by atoms with E-state index >= 15 is 0 Å². The zero-order valence-electron chi connectivity index (χ0n) is 17.2. The lowest BCUT2D eigenvalue weighted by Crippen LogP contribution is -2.17. The third kappa shape index (κ3) is 4.81. The van der Waals surface area contributed by atoms with Gasteiger partial charge in [-0.15, -0.1) is 10.2 Å². The van der Waals surface area contributed by atoms with Gasteiger partial charge in [0, 0.05) is 16.6 Å². The zero-order valence-corrected chi connectivity index (χ0v) is 18.0. The van der Waals surface area contributed by atoms with Gasteiger partial charge >= 0.3 is 0 Å². The number of aromatic nitrogens is 3. The van der Waals surface area contributed by atoms with Gasteiger partial charge in [-0.25, -0.2) is 10.1 Å². The Balaban J connectivity index is 1.35. The molecule has 4 rings (SSSR count). The summed E-state index contributed by atoms with van der Waals surface area (Å²) >= 11 is 1.18. The zero-order chi connectivity index (χ0) is 22.3. The molecular formula is C22H21N7O2S. The van der Waals surface area contributed by atoms with E-state index < -0.39 is 0 Å². The van der Waals surface area contributed by atoms with Crippen LogP contribution in [0.25, 0.3) is 10.8 Å². The van der Waals surface area contributed by atoms with Crippen molar-refractivity contribution in [3.63, 3.8) is 0 Å². The van der Waals surface area contributed by atoms with Crippen LogP contribution in [0.15, 0.2) is 77.0 Å². The number of thioether (sulfide) groups is 1. The molecule has 0 saturated heterocycles. The number of methoxy groups -OCH3 is 1. The summed E-state index contributed by atoms with van der Waals surface area (Å²) < 4.78 is 6.52. The normalized spacial score (nSPS) is 11.0. The number of para-hydroxylation sites is 1. The summed E-state index contributed by atoms with van der Waals surface area (Å²) in [6.45, 7) is 0. The molecule has 1 heterocycles. The minimum absolute atomic E-state index is 0.128. The van der Waals surface area contributed by atoms with E-state index in [1.54, 1.807) is 13.3 Å². The topological polar surface area (TPSA) is 119 Å². The van der Waals surface area contributed by atoms with Gasteiger partial charge in [-0.05, 0) is 23.6 Å². The monoisotopic (exact) mass is 447 g/mol. The number of carbonyl (C=O) groups excluding carboxylic acids is 1. The maximum atomic E-state index is 12.5. The predicted molar refractivity (Wildman–Crippen MR) is 128 cm³/mol. The number of nitrogens with one attached hydrogen (secondary N) is 2. The Labute approximate surface area is 188 Å². The Morgan fingerprint density at radius 2 is 1.91 bits per heavy atom. The molecule has 0 aliphatic rings. The average molecular weight is 448 g/mol. The Kier molecular flexibility index (Phi) is 6.52. The van der Waals surface area contributed by atoms with Crippen molar-refractivity contribution in [3.8, 4) is 5.75 Å². The smallest absolute Gasteiger partial charge is 0.264 e. The van der Waals surface area contributed by atoms with E-state index in [-0.39, 0.29) is 17.6 Å². The number of nitrogens with zero attached hydrogens (tertiary/aromatic N) is 4. The van der Waals surface area contributed by atoms with Gasteiger partial charge in [-0.3, -0.25) is 4.79 Å². The Hall–Kier alpha value is -4.05. The van der Waals surface area contributed by atoms with Gasteiger partial charge < -0.3 is 15.9 Å². The van der Waals surface area contributed by atoms with Crippen molar-refractivity contribution in [3.05, 3.63) is 72.3 Å². The van der Waals surface area contributed by atoms with Crippen LogP contribution in [0.5, 0.6) is 5.75 Å². The van der Waals surface area contributed by atoms with Crippen LogP contribution in [0.1, 0.15) is 5.56 Å². The van der Waals surface area contributed by atoms with E-state index in [2.05, 4.69) is 26.0 Å². The molecule has 1 amide bonds. The van der Waals surface area contributed by atoms with Gasteiger partial charge in [0.05, 0.1) is 19.1 Å². The minimum Gasteiger partial charge on any atom is -0.496 e.